The summed E-state index contributed by atoms with van der Waals surface area (Å²) < 4.78 is 0. The van der Waals surface area contributed by atoms with Gasteiger partial charge in [0.05, 0.1) is 0 Å². The van der Waals surface area contributed by atoms with Gasteiger partial charge in [-0.15, -0.1) is 0 Å². The van der Waals surface area contributed by atoms with E-state index in [1.807, 2.05) is 24.3 Å². The molecule has 1 atom stereocenters. The molecular weight excluding hydrogens is 264 g/mol. The third kappa shape index (κ3) is 3.43. The standard InChI is InChI=1S/C17H22N2O2/c20-16(18-14-6-2-3-7-14)10-9-13-11-12-5-1-4-8-15(12)19-17(13)21/h1,4-5,8,13-14H,2-3,6-7,9-11H2,(H,18,20)(H,19,21)/t13-/m0/s1. The molecule has 112 valence electrons. The molecule has 4 nitrogen and oxygen atoms in total. The van der Waals surface area contributed by atoms with Gasteiger partial charge in [0.25, 0.3) is 0 Å². The number of carbonyl (C=O) groups excluding carboxylic acids is 2. The molecular formula is C17H22N2O2. The van der Waals surface area contributed by atoms with Gasteiger partial charge in [0, 0.05) is 24.1 Å². The van der Waals surface area contributed by atoms with E-state index in [9.17, 15) is 9.59 Å². The Morgan fingerprint density at radius 3 is 2.81 bits per heavy atom. The summed E-state index contributed by atoms with van der Waals surface area (Å²) in [5.74, 6) is 0.0464. The zero-order valence-electron chi connectivity index (χ0n) is 12.2. The van der Waals surface area contributed by atoms with Crippen molar-refractivity contribution in [1.82, 2.24) is 5.32 Å². The van der Waals surface area contributed by atoms with E-state index in [0.717, 1.165) is 24.9 Å². The Morgan fingerprint density at radius 2 is 2.00 bits per heavy atom. The van der Waals surface area contributed by atoms with Gasteiger partial charge in [0.15, 0.2) is 0 Å². The average molecular weight is 286 g/mol. The van der Waals surface area contributed by atoms with Gasteiger partial charge in [-0.05, 0) is 37.3 Å². The molecule has 0 spiro atoms. The van der Waals surface area contributed by atoms with Crippen LogP contribution < -0.4 is 10.6 Å². The number of nitrogens with one attached hydrogen (secondary N) is 2. The topological polar surface area (TPSA) is 58.2 Å². The summed E-state index contributed by atoms with van der Waals surface area (Å²) in [4.78, 5) is 24.0. The molecule has 2 aliphatic rings. The highest BCUT2D eigenvalue weighted by molar-refractivity contribution is 5.96. The van der Waals surface area contributed by atoms with Crippen LogP contribution in [0.25, 0.3) is 0 Å². The predicted molar refractivity (Wildman–Crippen MR) is 81.9 cm³/mol. The van der Waals surface area contributed by atoms with Crippen LogP contribution in [-0.4, -0.2) is 17.9 Å². The summed E-state index contributed by atoms with van der Waals surface area (Å²) in [6.07, 6.45) is 6.43. The fraction of sp³-hybridized carbons (Fsp3) is 0.529. The molecule has 3 rings (SSSR count). The first kappa shape index (κ1) is 14.1. The van der Waals surface area contributed by atoms with Gasteiger partial charge in [-0.1, -0.05) is 31.0 Å². The van der Waals surface area contributed by atoms with Crippen molar-refractivity contribution < 1.29 is 9.59 Å². The second-order valence-electron chi connectivity index (χ2n) is 6.14. The Balaban J connectivity index is 1.51. The fourth-order valence-corrected chi connectivity index (χ4v) is 3.32. The summed E-state index contributed by atoms with van der Waals surface area (Å²) >= 11 is 0. The van der Waals surface area contributed by atoms with Crippen LogP contribution in [0.15, 0.2) is 24.3 Å². The zero-order valence-corrected chi connectivity index (χ0v) is 12.2. The van der Waals surface area contributed by atoms with Crippen molar-refractivity contribution >= 4 is 17.5 Å². The van der Waals surface area contributed by atoms with Crippen LogP contribution in [-0.2, 0) is 16.0 Å². The van der Waals surface area contributed by atoms with Gasteiger partial charge in [0.1, 0.15) is 0 Å². The molecule has 0 bridgehead atoms. The van der Waals surface area contributed by atoms with Crippen molar-refractivity contribution in [3.63, 3.8) is 0 Å². The number of benzene rings is 1. The third-order valence-electron chi connectivity index (χ3n) is 4.55. The molecule has 0 unspecified atom stereocenters. The molecule has 1 saturated carbocycles. The highest BCUT2D eigenvalue weighted by Gasteiger charge is 2.26. The van der Waals surface area contributed by atoms with E-state index in [1.165, 1.54) is 18.4 Å². The third-order valence-corrected chi connectivity index (χ3v) is 4.55. The maximum Gasteiger partial charge on any atom is 0.227 e. The second-order valence-corrected chi connectivity index (χ2v) is 6.14. The Kier molecular flexibility index (Phi) is 4.23. The number of carbonyl (C=O) groups is 2. The summed E-state index contributed by atoms with van der Waals surface area (Å²) in [7, 11) is 0. The van der Waals surface area contributed by atoms with E-state index < -0.39 is 0 Å². The molecule has 21 heavy (non-hydrogen) atoms. The number of anilines is 1. The summed E-state index contributed by atoms with van der Waals surface area (Å²) in [5, 5.41) is 6.02. The van der Waals surface area contributed by atoms with Crippen LogP contribution in [0.2, 0.25) is 0 Å². The minimum absolute atomic E-state index is 0.0439. The molecule has 2 N–H and O–H groups in total. The largest absolute Gasteiger partial charge is 0.353 e. The molecule has 1 aromatic carbocycles. The SMILES string of the molecule is O=C(CC[C@H]1Cc2ccccc2NC1=O)NC1CCCC1. The lowest BCUT2D eigenvalue weighted by Gasteiger charge is -2.24. The lowest BCUT2D eigenvalue weighted by Crippen LogP contribution is -2.34. The number of fused-ring (bicyclic) bond motifs is 1. The first-order valence-electron chi connectivity index (χ1n) is 7.90. The van der Waals surface area contributed by atoms with Gasteiger partial charge < -0.3 is 10.6 Å². The highest BCUT2D eigenvalue weighted by Crippen LogP contribution is 2.27. The second kappa shape index (κ2) is 6.29. The van der Waals surface area contributed by atoms with E-state index in [0.29, 0.717) is 18.9 Å². The maximum atomic E-state index is 12.1. The Morgan fingerprint density at radius 1 is 1.24 bits per heavy atom. The number of para-hydroxylation sites is 1. The monoisotopic (exact) mass is 286 g/mol. The smallest absolute Gasteiger partial charge is 0.227 e. The Labute approximate surface area is 125 Å². The quantitative estimate of drug-likeness (QED) is 0.894. The van der Waals surface area contributed by atoms with Crippen LogP contribution in [0, 0.1) is 5.92 Å². The fourth-order valence-electron chi connectivity index (χ4n) is 3.32. The predicted octanol–water partition coefficient (Wildman–Crippen LogP) is 2.64. The van der Waals surface area contributed by atoms with E-state index in [-0.39, 0.29) is 17.7 Å². The minimum Gasteiger partial charge on any atom is -0.353 e. The molecule has 0 radical (unpaired) electrons. The summed E-state index contributed by atoms with van der Waals surface area (Å²) in [5.41, 5.74) is 2.08. The lowest BCUT2D eigenvalue weighted by atomic mass is 9.89. The lowest BCUT2D eigenvalue weighted by molar-refractivity contribution is -0.123. The minimum atomic E-state index is -0.0887. The van der Waals surface area contributed by atoms with Crippen LogP contribution in [0.4, 0.5) is 5.69 Å². The van der Waals surface area contributed by atoms with Crippen LogP contribution in [0.3, 0.4) is 0 Å². The Bertz CT molecular complexity index is 535. The summed E-state index contributed by atoms with van der Waals surface area (Å²) in [6.45, 7) is 0. The highest BCUT2D eigenvalue weighted by atomic mass is 16.2. The van der Waals surface area contributed by atoms with Gasteiger partial charge in [-0.3, -0.25) is 9.59 Å². The number of hydrogen-bond acceptors (Lipinski definition) is 2. The molecule has 0 aromatic heterocycles. The molecule has 2 amide bonds. The number of amides is 2. The van der Waals surface area contributed by atoms with E-state index >= 15 is 0 Å². The van der Waals surface area contributed by atoms with Gasteiger partial charge in [-0.2, -0.15) is 0 Å². The first-order chi connectivity index (χ1) is 10.2. The van der Waals surface area contributed by atoms with Crippen LogP contribution in [0.1, 0.15) is 44.1 Å². The number of rotatable bonds is 4. The van der Waals surface area contributed by atoms with E-state index in [2.05, 4.69) is 10.6 Å². The maximum absolute atomic E-state index is 12.1. The number of hydrogen-bond donors (Lipinski definition) is 2. The van der Waals surface area contributed by atoms with E-state index in [4.69, 9.17) is 0 Å². The van der Waals surface area contributed by atoms with Crippen LogP contribution >= 0.6 is 0 Å². The van der Waals surface area contributed by atoms with Gasteiger partial charge in [0.2, 0.25) is 11.8 Å². The van der Waals surface area contributed by atoms with Crippen LogP contribution in [0.5, 0.6) is 0 Å². The van der Waals surface area contributed by atoms with Gasteiger partial charge >= 0.3 is 0 Å². The van der Waals surface area contributed by atoms with Crippen molar-refractivity contribution in [3.05, 3.63) is 29.8 Å². The van der Waals surface area contributed by atoms with Crippen molar-refractivity contribution in [1.29, 1.82) is 0 Å². The molecule has 1 aromatic rings. The molecule has 1 aliphatic carbocycles. The molecule has 1 heterocycles. The first-order valence-corrected chi connectivity index (χ1v) is 7.90. The van der Waals surface area contributed by atoms with Crippen molar-refractivity contribution in [2.24, 2.45) is 5.92 Å². The summed E-state index contributed by atoms with van der Waals surface area (Å²) in [6, 6.07) is 8.24. The zero-order chi connectivity index (χ0) is 14.7. The molecule has 4 heteroatoms. The Hall–Kier alpha value is -1.84. The van der Waals surface area contributed by atoms with Crippen molar-refractivity contribution in [3.8, 4) is 0 Å². The van der Waals surface area contributed by atoms with Crippen molar-refractivity contribution in [2.45, 2.75) is 51.0 Å². The average Bonchev–Trinajstić information content (AvgIpc) is 2.98. The molecule has 1 fully saturated rings. The van der Waals surface area contributed by atoms with Gasteiger partial charge in [-0.25, -0.2) is 0 Å². The van der Waals surface area contributed by atoms with E-state index in [1.54, 1.807) is 0 Å². The molecule has 0 saturated heterocycles. The van der Waals surface area contributed by atoms with Crippen molar-refractivity contribution in [2.75, 3.05) is 5.32 Å². The normalized spacial score (nSPS) is 21.7. The molecule has 1 aliphatic heterocycles.